The second-order valence-corrected chi connectivity index (χ2v) is 3.50. The fraction of sp³-hybridized carbons (Fsp3) is 0.300. The smallest absolute Gasteiger partial charge is 0.143 e. The van der Waals surface area contributed by atoms with E-state index in [-0.39, 0.29) is 6.10 Å². The van der Waals surface area contributed by atoms with Crippen molar-refractivity contribution in [2.45, 2.75) is 6.10 Å². The first-order valence-electron chi connectivity index (χ1n) is 4.91. The van der Waals surface area contributed by atoms with Gasteiger partial charge in [-0.1, -0.05) is 6.07 Å². The predicted molar refractivity (Wildman–Crippen MR) is 54.4 cm³/mol. The van der Waals surface area contributed by atoms with Crippen molar-refractivity contribution in [2.75, 3.05) is 13.7 Å². The van der Waals surface area contributed by atoms with Gasteiger partial charge in [-0.25, -0.2) is 4.68 Å². The molecule has 1 aromatic heterocycles. The van der Waals surface area contributed by atoms with Gasteiger partial charge in [0.15, 0.2) is 0 Å². The Morgan fingerprint density at radius 3 is 3.00 bits per heavy atom. The monoisotopic (exact) mass is 218 g/mol. The number of nitrogens with zero attached hydrogens (tertiary/aromatic N) is 4. The van der Waals surface area contributed by atoms with Crippen molar-refractivity contribution >= 4 is 0 Å². The summed E-state index contributed by atoms with van der Waals surface area (Å²) in [5.41, 5.74) is 1.94. The van der Waals surface area contributed by atoms with Gasteiger partial charge in [-0.2, -0.15) is 0 Å². The van der Waals surface area contributed by atoms with E-state index < -0.39 is 0 Å². The highest BCUT2D eigenvalue weighted by atomic mass is 16.6. The maximum atomic E-state index is 5.32. The number of hydrogen-bond acceptors (Lipinski definition) is 5. The summed E-state index contributed by atoms with van der Waals surface area (Å²) in [6.45, 7) is 0.764. The number of methoxy groups -OCH3 is 1. The number of hydrogen-bond donors (Lipinski definition) is 0. The lowest BCUT2D eigenvalue weighted by molar-refractivity contribution is 0.383. The molecule has 0 amide bonds. The Morgan fingerprint density at radius 1 is 1.50 bits per heavy atom. The summed E-state index contributed by atoms with van der Waals surface area (Å²) in [5, 5.41) is 11.0. The maximum Gasteiger partial charge on any atom is 0.143 e. The van der Waals surface area contributed by atoms with Gasteiger partial charge in [-0.3, -0.25) is 0 Å². The molecule has 0 bridgehead atoms. The van der Waals surface area contributed by atoms with Crippen molar-refractivity contribution in [1.82, 2.24) is 20.2 Å². The predicted octanol–water partition coefficient (Wildman–Crippen LogP) is 0.742. The van der Waals surface area contributed by atoms with Crippen LogP contribution in [0.1, 0.15) is 11.7 Å². The first-order chi connectivity index (χ1) is 7.88. The molecule has 0 saturated carbocycles. The van der Waals surface area contributed by atoms with Crippen LogP contribution in [0.4, 0.5) is 0 Å². The molecule has 2 aromatic rings. The summed E-state index contributed by atoms with van der Waals surface area (Å²) in [4.78, 5) is 0. The molecular formula is C10H10N4O2. The fourth-order valence-corrected chi connectivity index (χ4v) is 1.62. The fourth-order valence-electron chi connectivity index (χ4n) is 1.62. The number of epoxide rings is 1. The van der Waals surface area contributed by atoms with Gasteiger partial charge in [-0.05, 0) is 16.5 Å². The molecule has 6 heteroatoms. The molecule has 82 valence electrons. The van der Waals surface area contributed by atoms with E-state index in [2.05, 4.69) is 15.5 Å². The molecule has 0 radical (unpaired) electrons. The summed E-state index contributed by atoms with van der Waals surface area (Å²) < 4.78 is 12.1. The van der Waals surface area contributed by atoms with Gasteiger partial charge in [0, 0.05) is 11.6 Å². The van der Waals surface area contributed by atoms with Crippen molar-refractivity contribution in [3.8, 4) is 11.4 Å². The van der Waals surface area contributed by atoms with Gasteiger partial charge in [-0.15, -0.1) is 5.10 Å². The van der Waals surface area contributed by atoms with Gasteiger partial charge in [0.1, 0.15) is 18.2 Å². The summed E-state index contributed by atoms with van der Waals surface area (Å²) in [6, 6.07) is 5.82. The Balaban J connectivity index is 2.02. The SMILES string of the molecule is COc1cc(-n2cnnn2)ccc1[C@@H]1CO1. The van der Waals surface area contributed by atoms with Crippen molar-refractivity contribution in [1.29, 1.82) is 0 Å². The standard InChI is InChI=1S/C10H10N4O2/c1-15-9-4-7(14-6-11-12-13-14)2-3-8(9)10-5-16-10/h2-4,6,10H,5H2,1H3/t10-/m0/s1. The summed E-state index contributed by atoms with van der Waals surface area (Å²) >= 11 is 0. The molecule has 6 nitrogen and oxygen atoms in total. The van der Waals surface area contributed by atoms with Crippen molar-refractivity contribution in [3.05, 3.63) is 30.1 Å². The largest absolute Gasteiger partial charge is 0.496 e. The highest BCUT2D eigenvalue weighted by molar-refractivity contribution is 5.46. The molecule has 1 atom stereocenters. The molecule has 2 heterocycles. The molecule has 0 N–H and O–H groups in total. The molecule has 1 saturated heterocycles. The maximum absolute atomic E-state index is 5.32. The van der Waals surface area contributed by atoms with Gasteiger partial charge in [0.25, 0.3) is 0 Å². The van der Waals surface area contributed by atoms with Crippen LogP contribution in [-0.2, 0) is 4.74 Å². The molecule has 1 aliphatic heterocycles. The average molecular weight is 218 g/mol. The van der Waals surface area contributed by atoms with Crippen molar-refractivity contribution in [3.63, 3.8) is 0 Å². The van der Waals surface area contributed by atoms with E-state index in [1.165, 1.54) is 0 Å². The number of benzene rings is 1. The Hall–Kier alpha value is -1.95. The van der Waals surface area contributed by atoms with Crippen LogP contribution in [0.5, 0.6) is 5.75 Å². The van der Waals surface area contributed by atoms with Crippen LogP contribution in [0, 0.1) is 0 Å². The van der Waals surface area contributed by atoms with Crippen LogP contribution in [0.2, 0.25) is 0 Å². The zero-order valence-corrected chi connectivity index (χ0v) is 8.70. The summed E-state index contributed by atoms with van der Waals surface area (Å²) in [5.74, 6) is 0.801. The van der Waals surface area contributed by atoms with Crippen LogP contribution < -0.4 is 4.74 Å². The van der Waals surface area contributed by atoms with Gasteiger partial charge in [0.2, 0.25) is 0 Å². The van der Waals surface area contributed by atoms with Crippen LogP contribution in [-0.4, -0.2) is 33.9 Å². The quantitative estimate of drug-likeness (QED) is 0.711. The number of aromatic nitrogens is 4. The highest BCUT2D eigenvalue weighted by Gasteiger charge is 2.28. The third-order valence-electron chi connectivity index (χ3n) is 2.51. The van der Waals surface area contributed by atoms with Gasteiger partial charge < -0.3 is 9.47 Å². The third-order valence-corrected chi connectivity index (χ3v) is 2.51. The van der Waals surface area contributed by atoms with Crippen LogP contribution in [0.3, 0.4) is 0 Å². The third kappa shape index (κ3) is 1.53. The van der Waals surface area contributed by atoms with E-state index in [4.69, 9.17) is 9.47 Å². The van der Waals surface area contributed by atoms with E-state index in [1.54, 1.807) is 18.1 Å². The molecule has 3 rings (SSSR count). The average Bonchev–Trinajstić information content (AvgIpc) is 3.03. The first-order valence-corrected chi connectivity index (χ1v) is 4.91. The minimum absolute atomic E-state index is 0.179. The molecule has 0 unspecified atom stereocenters. The molecule has 0 spiro atoms. The lowest BCUT2D eigenvalue weighted by atomic mass is 10.1. The van der Waals surface area contributed by atoms with Crippen molar-refractivity contribution < 1.29 is 9.47 Å². The second kappa shape index (κ2) is 3.57. The normalized spacial score (nSPS) is 18.4. The highest BCUT2D eigenvalue weighted by Crippen LogP contribution is 2.36. The molecular weight excluding hydrogens is 208 g/mol. The molecule has 16 heavy (non-hydrogen) atoms. The first kappa shape index (κ1) is 9.29. The van der Waals surface area contributed by atoms with Crippen molar-refractivity contribution in [2.24, 2.45) is 0 Å². The summed E-state index contributed by atoms with van der Waals surface area (Å²) in [7, 11) is 1.64. The molecule has 1 aliphatic rings. The van der Waals surface area contributed by atoms with E-state index >= 15 is 0 Å². The van der Waals surface area contributed by atoms with E-state index in [1.807, 2.05) is 18.2 Å². The Kier molecular flexibility index (Phi) is 2.07. The molecule has 1 fully saturated rings. The van der Waals surface area contributed by atoms with Crippen LogP contribution in [0.15, 0.2) is 24.5 Å². The molecule has 1 aromatic carbocycles. The Bertz CT molecular complexity index is 494. The lowest BCUT2D eigenvalue weighted by Crippen LogP contribution is -1.98. The number of ether oxygens (including phenoxy) is 2. The number of tetrazole rings is 1. The Morgan fingerprint density at radius 2 is 2.38 bits per heavy atom. The van der Waals surface area contributed by atoms with E-state index in [0.717, 1.165) is 23.6 Å². The minimum Gasteiger partial charge on any atom is -0.496 e. The zero-order chi connectivity index (χ0) is 11.0. The second-order valence-electron chi connectivity index (χ2n) is 3.50. The number of rotatable bonds is 3. The van der Waals surface area contributed by atoms with Crippen LogP contribution >= 0.6 is 0 Å². The Labute approximate surface area is 91.8 Å². The minimum atomic E-state index is 0.179. The van der Waals surface area contributed by atoms with Gasteiger partial charge in [0.05, 0.1) is 19.4 Å². The van der Waals surface area contributed by atoms with Crippen LogP contribution in [0.25, 0.3) is 5.69 Å². The lowest BCUT2D eigenvalue weighted by Gasteiger charge is -2.08. The van der Waals surface area contributed by atoms with E-state index in [9.17, 15) is 0 Å². The zero-order valence-electron chi connectivity index (χ0n) is 8.70. The summed E-state index contributed by atoms with van der Waals surface area (Å²) in [6.07, 6.45) is 1.72. The topological polar surface area (TPSA) is 65.4 Å². The van der Waals surface area contributed by atoms with E-state index in [0.29, 0.717) is 0 Å². The molecule has 0 aliphatic carbocycles. The van der Waals surface area contributed by atoms with Gasteiger partial charge >= 0.3 is 0 Å².